The van der Waals surface area contributed by atoms with Crippen LogP contribution in [0, 0.1) is 11.8 Å². The summed E-state index contributed by atoms with van der Waals surface area (Å²) in [6.45, 7) is 4.97. The molecule has 2 aliphatic rings. The number of rotatable bonds is 5. The van der Waals surface area contributed by atoms with Gasteiger partial charge in [-0.25, -0.2) is 13.4 Å². The van der Waals surface area contributed by atoms with Crippen LogP contribution in [0.2, 0.25) is 5.02 Å². The molecule has 176 valence electrons. The second-order valence-corrected chi connectivity index (χ2v) is 11.5. The van der Waals surface area contributed by atoms with Crippen molar-refractivity contribution < 1.29 is 18.0 Å². The molecule has 1 atom stereocenters. The van der Waals surface area contributed by atoms with E-state index in [1.807, 2.05) is 13.8 Å². The highest BCUT2D eigenvalue weighted by Gasteiger charge is 2.39. The van der Waals surface area contributed by atoms with Crippen molar-refractivity contribution in [3.05, 3.63) is 58.7 Å². The maximum Gasteiger partial charge on any atom is 0.255 e. The zero-order valence-electron chi connectivity index (χ0n) is 18.8. The zero-order chi connectivity index (χ0) is 23.8. The number of piperidine rings is 1. The molecule has 0 N–H and O–H groups in total. The minimum Gasteiger partial charge on any atom is -0.339 e. The SMILES string of the molecule is CC(C)[C@@H]1CCS(=O)(=O)N1c1ccc(C(=O)N2CCC(C(=O)c3ccc(Cl)cc3)CC2)cn1. The molecule has 0 unspecified atom stereocenters. The van der Waals surface area contributed by atoms with Crippen molar-refractivity contribution >= 4 is 39.1 Å². The molecule has 0 saturated carbocycles. The Hall–Kier alpha value is -2.45. The fraction of sp³-hybridized carbons (Fsp3) is 0.458. The van der Waals surface area contributed by atoms with Gasteiger partial charge in [0.2, 0.25) is 10.0 Å². The van der Waals surface area contributed by atoms with E-state index in [1.165, 1.54) is 10.5 Å². The lowest BCUT2D eigenvalue weighted by Crippen LogP contribution is -2.40. The third-order valence-electron chi connectivity index (χ3n) is 6.54. The Morgan fingerprint density at radius 3 is 2.21 bits per heavy atom. The predicted molar refractivity (Wildman–Crippen MR) is 128 cm³/mol. The average Bonchev–Trinajstić information content (AvgIpc) is 3.14. The van der Waals surface area contributed by atoms with E-state index in [9.17, 15) is 18.0 Å². The smallest absolute Gasteiger partial charge is 0.255 e. The van der Waals surface area contributed by atoms with Gasteiger partial charge in [0, 0.05) is 41.8 Å². The minimum absolute atomic E-state index is 0.0799. The number of halogens is 1. The van der Waals surface area contributed by atoms with Gasteiger partial charge in [-0.15, -0.1) is 0 Å². The van der Waals surface area contributed by atoms with Gasteiger partial charge in [0.25, 0.3) is 5.91 Å². The fourth-order valence-electron chi connectivity index (χ4n) is 4.63. The first-order chi connectivity index (χ1) is 15.7. The summed E-state index contributed by atoms with van der Waals surface area (Å²) >= 11 is 5.90. The molecule has 4 rings (SSSR count). The second kappa shape index (κ2) is 9.43. The largest absolute Gasteiger partial charge is 0.339 e. The predicted octanol–water partition coefficient (Wildman–Crippen LogP) is 4.03. The molecule has 1 aromatic heterocycles. The molecule has 2 saturated heterocycles. The van der Waals surface area contributed by atoms with Gasteiger partial charge < -0.3 is 4.90 Å². The van der Waals surface area contributed by atoms with Crippen LogP contribution < -0.4 is 4.31 Å². The van der Waals surface area contributed by atoms with Crippen molar-refractivity contribution in [1.29, 1.82) is 0 Å². The highest BCUT2D eigenvalue weighted by atomic mass is 35.5. The van der Waals surface area contributed by atoms with Crippen molar-refractivity contribution in [2.45, 2.75) is 39.2 Å². The number of nitrogens with zero attached hydrogens (tertiary/aromatic N) is 3. The van der Waals surface area contributed by atoms with Crippen LogP contribution in [0.5, 0.6) is 0 Å². The van der Waals surface area contributed by atoms with Crippen molar-refractivity contribution in [2.75, 3.05) is 23.1 Å². The zero-order valence-corrected chi connectivity index (χ0v) is 20.3. The number of carbonyl (C=O) groups excluding carboxylic acids is 2. The van der Waals surface area contributed by atoms with Crippen LogP contribution >= 0.6 is 11.6 Å². The van der Waals surface area contributed by atoms with E-state index in [-0.39, 0.29) is 35.3 Å². The highest BCUT2D eigenvalue weighted by Crippen LogP contribution is 2.31. The number of likely N-dealkylation sites (tertiary alicyclic amines) is 1. The summed E-state index contributed by atoms with van der Waals surface area (Å²) in [5, 5.41) is 0.591. The van der Waals surface area contributed by atoms with Gasteiger partial charge in [-0.2, -0.15) is 0 Å². The lowest BCUT2D eigenvalue weighted by Gasteiger charge is -2.31. The van der Waals surface area contributed by atoms with Crippen LogP contribution in [0.4, 0.5) is 5.82 Å². The molecule has 1 amide bonds. The van der Waals surface area contributed by atoms with Gasteiger partial charge in [-0.05, 0) is 61.6 Å². The molecule has 0 radical (unpaired) electrons. The first kappa shape index (κ1) is 23.7. The highest BCUT2D eigenvalue weighted by molar-refractivity contribution is 7.93. The molecule has 9 heteroatoms. The normalized spacial score (nSPS) is 20.9. The summed E-state index contributed by atoms with van der Waals surface area (Å²) in [7, 11) is -3.39. The van der Waals surface area contributed by atoms with Crippen LogP contribution in [0.1, 0.15) is 53.8 Å². The van der Waals surface area contributed by atoms with Gasteiger partial charge in [-0.1, -0.05) is 25.4 Å². The Labute approximate surface area is 199 Å². The van der Waals surface area contributed by atoms with E-state index in [1.54, 1.807) is 41.3 Å². The number of sulfonamides is 1. The third-order valence-corrected chi connectivity index (χ3v) is 8.61. The number of carbonyl (C=O) groups is 2. The Bertz CT molecular complexity index is 1130. The summed E-state index contributed by atoms with van der Waals surface area (Å²) in [5.74, 6) is 0.441. The molecule has 2 aliphatic heterocycles. The van der Waals surface area contributed by atoms with Crippen molar-refractivity contribution in [2.24, 2.45) is 11.8 Å². The number of hydrogen-bond donors (Lipinski definition) is 0. The van der Waals surface area contributed by atoms with E-state index in [2.05, 4.69) is 4.98 Å². The van der Waals surface area contributed by atoms with E-state index >= 15 is 0 Å². The lowest BCUT2D eigenvalue weighted by molar-refractivity contribution is 0.0650. The standard InChI is InChI=1S/C24H28ClN3O4S/c1-16(2)21-11-14-33(31,32)28(21)22-8-5-19(15-26-22)24(30)27-12-9-18(10-13-27)23(29)17-3-6-20(25)7-4-17/h3-8,15-16,18,21H,9-14H2,1-2H3/t21-/m0/s1. The number of anilines is 1. The molecular formula is C24H28ClN3O4S. The Balaban J connectivity index is 1.40. The molecule has 2 aromatic rings. The molecule has 2 fully saturated rings. The summed E-state index contributed by atoms with van der Waals surface area (Å²) < 4.78 is 26.5. The lowest BCUT2D eigenvalue weighted by atomic mass is 9.88. The van der Waals surface area contributed by atoms with Crippen LogP contribution in [0.3, 0.4) is 0 Å². The minimum atomic E-state index is -3.39. The van der Waals surface area contributed by atoms with Crippen molar-refractivity contribution in [3.63, 3.8) is 0 Å². The Morgan fingerprint density at radius 1 is 1.00 bits per heavy atom. The van der Waals surface area contributed by atoms with Crippen molar-refractivity contribution in [3.8, 4) is 0 Å². The molecule has 0 spiro atoms. The van der Waals surface area contributed by atoms with Crippen molar-refractivity contribution in [1.82, 2.24) is 9.88 Å². The Kier molecular flexibility index (Phi) is 6.77. The molecule has 7 nitrogen and oxygen atoms in total. The van der Waals surface area contributed by atoms with Gasteiger partial charge in [0.15, 0.2) is 5.78 Å². The molecule has 33 heavy (non-hydrogen) atoms. The molecule has 0 bridgehead atoms. The molecule has 1 aromatic carbocycles. The number of aromatic nitrogens is 1. The Morgan fingerprint density at radius 2 is 1.64 bits per heavy atom. The van der Waals surface area contributed by atoms with Gasteiger partial charge in [-0.3, -0.25) is 13.9 Å². The number of amides is 1. The van der Waals surface area contributed by atoms with E-state index in [0.29, 0.717) is 54.3 Å². The molecular weight excluding hydrogens is 462 g/mol. The summed E-state index contributed by atoms with van der Waals surface area (Å²) in [5.41, 5.74) is 1.06. The molecule has 3 heterocycles. The summed E-state index contributed by atoms with van der Waals surface area (Å²) in [6.07, 6.45) is 3.22. The van der Waals surface area contributed by atoms with Crippen LogP contribution in [0.15, 0.2) is 42.6 Å². The topological polar surface area (TPSA) is 87.7 Å². The van der Waals surface area contributed by atoms with Gasteiger partial charge in [0.05, 0.1) is 11.3 Å². The summed E-state index contributed by atoms with van der Waals surface area (Å²) in [4.78, 5) is 31.8. The van der Waals surface area contributed by atoms with Crippen LogP contribution in [0.25, 0.3) is 0 Å². The van der Waals surface area contributed by atoms with Gasteiger partial charge >= 0.3 is 0 Å². The number of ketones is 1. The van der Waals surface area contributed by atoms with E-state index in [0.717, 1.165) is 0 Å². The average molecular weight is 490 g/mol. The second-order valence-electron chi connectivity index (χ2n) is 9.05. The quantitative estimate of drug-likeness (QED) is 0.591. The maximum atomic E-state index is 13.0. The first-order valence-electron chi connectivity index (χ1n) is 11.2. The molecule has 0 aliphatic carbocycles. The maximum absolute atomic E-state index is 13.0. The number of Topliss-reactive ketones (excluding diaryl/α,β-unsaturated/α-hetero) is 1. The first-order valence-corrected chi connectivity index (χ1v) is 13.2. The number of pyridine rings is 1. The van der Waals surface area contributed by atoms with E-state index < -0.39 is 10.0 Å². The number of benzene rings is 1. The van der Waals surface area contributed by atoms with Crippen LogP contribution in [-0.2, 0) is 10.0 Å². The van der Waals surface area contributed by atoms with E-state index in [4.69, 9.17) is 11.6 Å². The fourth-order valence-corrected chi connectivity index (χ4v) is 6.64. The number of hydrogen-bond acceptors (Lipinski definition) is 5. The third kappa shape index (κ3) is 4.92. The van der Waals surface area contributed by atoms with Gasteiger partial charge in [0.1, 0.15) is 5.82 Å². The van der Waals surface area contributed by atoms with Crippen LogP contribution in [-0.4, -0.2) is 54.9 Å². The monoisotopic (exact) mass is 489 g/mol. The summed E-state index contributed by atoms with van der Waals surface area (Å²) in [6, 6.07) is 10.0.